The second-order valence-electron chi connectivity index (χ2n) is 10.4. The van der Waals surface area contributed by atoms with Crippen LogP contribution in [-0.4, -0.2) is 40.5 Å². The topological polar surface area (TPSA) is 87.6 Å². The van der Waals surface area contributed by atoms with E-state index in [1.54, 1.807) is 37.9 Å². The summed E-state index contributed by atoms with van der Waals surface area (Å²) in [6.45, 7) is 11.5. The zero-order valence-electron chi connectivity index (χ0n) is 22.5. The minimum Gasteiger partial charge on any atom is -0.384 e. The lowest BCUT2D eigenvalue weighted by Gasteiger charge is -2.31. The van der Waals surface area contributed by atoms with Crippen LogP contribution in [0.4, 0.5) is 20.3 Å². The molecule has 2 heterocycles. The van der Waals surface area contributed by atoms with Gasteiger partial charge < -0.3 is 20.1 Å². The lowest BCUT2D eigenvalue weighted by atomic mass is 9.87. The van der Waals surface area contributed by atoms with Gasteiger partial charge in [0.2, 0.25) is 0 Å². The number of hydrogen-bond donors (Lipinski definition) is 2. The van der Waals surface area contributed by atoms with Gasteiger partial charge >= 0.3 is 5.92 Å². The number of ether oxygens (including phenoxy) is 1. The number of nitrogens with zero attached hydrogens (tertiary/aromatic N) is 3. The molecule has 0 aliphatic carbocycles. The lowest BCUT2D eigenvalue weighted by Crippen LogP contribution is -2.40. The molecule has 1 aliphatic heterocycles. The summed E-state index contributed by atoms with van der Waals surface area (Å²) in [4.78, 5) is 14.7. The van der Waals surface area contributed by atoms with E-state index < -0.39 is 23.2 Å². The van der Waals surface area contributed by atoms with Gasteiger partial charge in [-0.1, -0.05) is 18.2 Å². The Morgan fingerprint density at radius 2 is 1.86 bits per heavy atom. The molecule has 3 aromatic rings. The van der Waals surface area contributed by atoms with E-state index in [0.29, 0.717) is 29.2 Å². The summed E-state index contributed by atoms with van der Waals surface area (Å²) in [7, 11) is 1.72. The zero-order valence-corrected chi connectivity index (χ0v) is 22.5. The Kier molecular flexibility index (Phi) is 6.53. The highest BCUT2D eigenvalue weighted by atomic mass is 19.3. The fourth-order valence-corrected chi connectivity index (χ4v) is 5.13. The predicted molar refractivity (Wildman–Crippen MR) is 140 cm³/mol. The Morgan fingerprint density at radius 3 is 2.49 bits per heavy atom. The van der Waals surface area contributed by atoms with Crippen LogP contribution in [0.25, 0.3) is 10.8 Å². The van der Waals surface area contributed by atoms with Crippen molar-refractivity contribution in [3.63, 3.8) is 0 Å². The molecule has 0 bridgehead atoms. The van der Waals surface area contributed by atoms with Crippen molar-refractivity contribution in [3.05, 3.63) is 58.3 Å². The number of amides is 1. The molecule has 1 aromatic heterocycles. The number of fused-ring (bicyclic) bond motifs is 2. The summed E-state index contributed by atoms with van der Waals surface area (Å²) in [5.41, 5.74) is -0.350. The maximum Gasteiger partial charge on any atom is 0.300 e. The van der Waals surface area contributed by atoms with Crippen molar-refractivity contribution in [2.24, 2.45) is 0 Å². The summed E-state index contributed by atoms with van der Waals surface area (Å²) >= 11 is 0. The predicted octanol–water partition coefficient (Wildman–Crippen LogP) is 5.51. The van der Waals surface area contributed by atoms with E-state index in [4.69, 9.17) is 4.74 Å². The number of aromatic nitrogens is 2. The minimum atomic E-state index is -3.44. The third kappa shape index (κ3) is 4.14. The van der Waals surface area contributed by atoms with Gasteiger partial charge in [-0.3, -0.25) is 4.79 Å². The number of halogens is 2. The molecule has 0 spiro atoms. The summed E-state index contributed by atoms with van der Waals surface area (Å²) in [6, 6.07) is 8.10. The van der Waals surface area contributed by atoms with Crippen LogP contribution in [0.5, 0.6) is 0 Å². The molecule has 198 valence electrons. The molecule has 1 amide bonds. The maximum atomic E-state index is 15.0. The average Bonchev–Trinajstić information content (AvgIpc) is 3.00. The number of aliphatic hydroxyl groups is 1. The second-order valence-corrected chi connectivity index (χ2v) is 10.4. The van der Waals surface area contributed by atoms with E-state index in [2.05, 4.69) is 15.5 Å². The van der Waals surface area contributed by atoms with Crippen molar-refractivity contribution in [1.82, 2.24) is 10.2 Å². The summed E-state index contributed by atoms with van der Waals surface area (Å²) in [6.07, 6.45) is 0. The van der Waals surface area contributed by atoms with Gasteiger partial charge in [0.05, 0.1) is 17.4 Å². The number of aryl methyl sites for hydroxylation is 1. The van der Waals surface area contributed by atoms with Crippen LogP contribution in [0.15, 0.2) is 30.3 Å². The highest BCUT2D eigenvalue weighted by Crippen LogP contribution is 2.46. The Labute approximate surface area is 215 Å². The third-order valence-electron chi connectivity index (χ3n) is 7.40. The zero-order chi connectivity index (χ0) is 27.5. The van der Waals surface area contributed by atoms with Gasteiger partial charge in [-0.15, -0.1) is 5.10 Å². The molecule has 2 N–H and O–H groups in total. The number of carbonyl (C=O) groups excluding carboxylic acids is 1. The average molecular weight is 513 g/mol. The van der Waals surface area contributed by atoms with Crippen LogP contribution >= 0.6 is 0 Å². The van der Waals surface area contributed by atoms with E-state index in [0.717, 1.165) is 35.9 Å². The lowest BCUT2D eigenvalue weighted by molar-refractivity contribution is -0.168. The summed E-state index contributed by atoms with van der Waals surface area (Å²) in [5, 5.41) is 23.7. The molecule has 7 nitrogen and oxygen atoms in total. The van der Waals surface area contributed by atoms with Crippen molar-refractivity contribution >= 4 is 28.2 Å². The SMILES string of the molecule is CCOC1(C)C(=O)N(C)c2cc3c(C)nnc(N[C@H](C)c4cccc(C(F)(F)C(C)(C)O)c4C)c3cc21. The third-order valence-corrected chi connectivity index (χ3v) is 7.40. The number of likely N-dealkylation sites (N-methyl/N-ethyl adjacent to an activating group) is 1. The number of nitrogens with one attached hydrogen (secondary N) is 1. The molecule has 0 saturated heterocycles. The van der Waals surface area contributed by atoms with Gasteiger partial charge in [0.1, 0.15) is 5.60 Å². The molecule has 0 radical (unpaired) electrons. The molecule has 2 atom stereocenters. The highest BCUT2D eigenvalue weighted by Gasteiger charge is 2.49. The molecule has 4 rings (SSSR count). The Morgan fingerprint density at radius 1 is 1.19 bits per heavy atom. The van der Waals surface area contributed by atoms with Crippen molar-refractivity contribution in [2.75, 3.05) is 23.9 Å². The molecular weight excluding hydrogens is 478 g/mol. The first-order chi connectivity index (χ1) is 17.1. The molecule has 37 heavy (non-hydrogen) atoms. The quantitative estimate of drug-likeness (QED) is 0.434. The van der Waals surface area contributed by atoms with E-state index in [1.165, 1.54) is 6.07 Å². The van der Waals surface area contributed by atoms with E-state index in [9.17, 15) is 9.90 Å². The number of carbonyl (C=O) groups is 1. The largest absolute Gasteiger partial charge is 0.384 e. The second kappa shape index (κ2) is 8.99. The van der Waals surface area contributed by atoms with Crippen molar-refractivity contribution in [1.29, 1.82) is 0 Å². The molecular formula is C28H34F2N4O3. The van der Waals surface area contributed by atoms with Crippen LogP contribution in [0.2, 0.25) is 0 Å². The van der Waals surface area contributed by atoms with E-state index in [1.807, 2.05) is 32.9 Å². The van der Waals surface area contributed by atoms with E-state index >= 15 is 8.78 Å². The highest BCUT2D eigenvalue weighted by molar-refractivity contribution is 6.10. The molecule has 0 saturated carbocycles. The number of rotatable bonds is 7. The first-order valence-electron chi connectivity index (χ1n) is 12.4. The molecule has 1 aliphatic rings. The molecule has 9 heteroatoms. The van der Waals surface area contributed by atoms with Gasteiger partial charge in [0, 0.05) is 35.6 Å². The summed E-state index contributed by atoms with van der Waals surface area (Å²) in [5.74, 6) is -3.12. The van der Waals surface area contributed by atoms with Crippen LogP contribution in [0.3, 0.4) is 0 Å². The first-order valence-corrected chi connectivity index (χ1v) is 12.4. The smallest absolute Gasteiger partial charge is 0.300 e. The maximum absolute atomic E-state index is 15.0. The van der Waals surface area contributed by atoms with E-state index in [-0.39, 0.29) is 11.5 Å². The van der Waals surface area contributed by atoms with Crippen LogP contribution in [-0.2, 0) is 21.1 Å². The molecule has 1 unspecified atom stereocenters. The monoisotopic (exact) mass is 512 g/mol. The number of anilines is 2. The molecule has 0 fully saturated rings. The van der Waals surface area contributed by atoms with Gasteiger partial charge in [-0.25, -0.2) is 0 Å². The van der Waals surface area contributed by atoms with Gasteiger partial charge in [-0.2, -0.15) is 13.9 Å². The fraction of sp³-hybridized carbons (Fsp3) is 0.464. The molecule has 2 aromatic carbocycles. The van der Waals surface area contributed by atoms with Crippen LogP contribution < -0.4 is 10.2 Å². The number of alkyl halides is 2. The Hall–Kier alpha value is -3.17. The Bertz CT molecular complexity index is 1390. The van der Waals surface area contributed by atoms with Crippen molar-refractivity contribution in [2.45, 2.75) is 71.6 Å². The fourth-order valence-electron chi connectivity index (χ4n) is 5.13. The van der Waals surface area contributed by atoms with Crippen molar-refractivity contribution in [3.8, 4) is 0 Å². The van der Waals surface area contributed by atoms with Gasteiger partial charge in [0.15, 0.2) is 11.4 Å². The van der Waals surface area contributed by atoms with Crippen molar-refractivity contribution < 1.29 is 23.4 Å². The number of hydrogen-bond acceptors (Lipinski definition) is 6. The van der Waals surface area contributed by atoms with Gasteiger partial charge in [0.25, 0.3) is 5.91 Å². The summed E-state index contributed by atoms with van der Waals surface area (Å²) < 4.78 is 36.0. The first kappa shape index (κ1) is 26.9. The number of benzene rings is 2. The Balaban J connectivity index is 1.80. The van der Waals surface area contributed by atoms with Gasteiger partial charge in [-0.05, 0) is 71.7 Å². The normalized spacial score (nSPS) is 18.9. The van der Waals surface area contributed by atoms with Crippen LogP contribution in [0.1, 0.15) is 68.6 Å². The minimum absolute atomic E-state index is 0.152. The standard InChI is InChI=1S/C28H34F2N4O3/c1-9-37-27(7)22-13-20-19(14-23(22)34(8)25(27)35)17(4)32-33-24(20)31-16(3)18-11-10-12-21(15(18)2)28(29,30)26(5,6)36/h10-14,16,36H,9H2,1-8H3,(H,31,33)/t16-,27?/m1/s1. The van der Waals surface area contributed by atoms with Crippen LogP contribution in [0, 0.1) is 13.8 Å².